The maximum atomic E-state index is 11.0. The van der Waals surface area contributed by atoms with Crippen molar-refractivity contribution < 1.29 is 4.74 Å². The van der Waals surface area contributed by atoms with Gasteiger partial charge < -0.3 is 9.64 Å². The highest BCUT2D eigenvalue weighted by atomic mass is 16.5. The Balaban J connectivity index is 1.47. The molecule has 0 saturated carbocycles. The van der Waals surface area contributed by atoms with Crippen LogP contribution in [0.25, 0.3) is 11.3 Å². The minimum Gasteiger partial charge on any atom is -0.478 e. The monoisotopic (exact) mass is 314 g/mol. The van der Waals surface area contributed by atoms with Crippen LogP contribution in [0.2, 0.25) is 0 Å². The first kappa shape index (κ1) is 15.7. The van der Waals surface area contributed by atoms with Crippen molar-refractivity contribution in [3.05, 3.63) is 40.8 Å². The molecule has 1 aliphatic heterocycles. The number of aromatic amines is 1. The van der Waals surface area contributed by atoms with Gasteiger partial charge in [0.15, 0.2) is 0 Å². The summed E-state index contributed by atoms with van der Waals surface area (Å²) < 4.78 is 5.70. The first-order chi connectivity index (χ1) is 11.2. The molecule has 122 valence electrons. The second-order valence-electron chi connectivity index (χ2n) is 5.92. The van der Waals surface area contributed by atoms with Crippen LogP contribution in [-0.4, -0.2) is 45.8 Å². The molecule has 6 heteroatoms. The summed E-state index contributed by atoms with van der Waals surface area (Å²) in [5, 5.41) is 6.40. The fourth-order valence-electron chi connectivity index (χ4n) is 2.89. The maximum Gasteiger partial charge on any atom is 0.264 e. The Hall–Kier alpha value is -2.21. The number of nitrogens with one attached hydrogen (secondary N) is 1. The summed E-state index contributed by atoms with van der Waals surface area (Å²) in [5.74, 6) is 0.618. The summed E-state index contributed by atoms with van der Waals surface area (Å²) in [7, 11) is 0. The van der Waals surface area contributed by atoms with E-state index in [2.05, 4.69) is 27.0 Å². The van der Waals surface area contributed by atoms with E-state index in [1.54, 1.807) is 12.3 Å². The van der Waals surface area contributed by atoms with Crippen LogP contribution in [-0.2, 0) is 0 Å². The third kappa shape index (κ3) is 4.16. The standard InChI is InChI=1S/C17H22N4O2/c1-13-4-2-9-21(13)10-3-11-23-17-8-5-14(12-18-17)15-6-7-16(22)20-19-15/h5-8,12-13H,2-4,9-11H2,1H3,(H,20,22)/t13-/m1/s1. The number of hydrogen-bond acceptors (Lipinski definition) is 5. The van der Waals surface area contributed by atoms with Crippen molar-refractivity contribution in [2.45, 2.75) is 32.2 Å². The highest BCUT2D eigenvalue weighted by Gasteiger charge is 2.19. The summed E-state index contributed by atoms with van der Waals surface area (Å²) in [6.07, 6.45) is 5.33. The van der Waals surface area contributed by atoms with E-state index in [-0.39, 0.29) is 5.56 Å². The molecule has 0 radical (unpaired) electrons. The lowest BCUT2D eigenvalue weighted by Crippen LogP contribution is -2.28. The van der Waals surface area contributed by atoms with Gasteiger partial charge in [-0.25, -0.2) is 10.1 Å². The van der Waals surface area contributed by atoms with Crippen molar-refractivity contribution in [3.8, 4) is 17.1 Å². The molecule has 6 nitrogen and oxygen atoms in total. The molecule has 0 aromatic carbocycles. The second kappa shape index (κ2) is 7.37. The number of likely N-dealkylation sites (tertiary alicyclic amines) is 1. The van der Waals surface area contributed by atoms with Gasteiger partial charge in [-0.1, -0.05) is 0 Å². The first-order valence-corrected chi connectivity index (χ1v) is 8.11. The van der Waals surface area contributed by atoms with Crippen LogP contribution in [0.4, 0.5) is 0 Å². The predicted octanol–water partition coefficient (Wildman–Crippen LogP) is 2.09. The largest absolute Gasteiger partial charge is 0.478 e. The predicted molar refractivity (Wildman–Crippen MR) is 88.5 cm³/mol. The Morgan fingerprint density at radius 3 is 2.91 bits per heavy atom. The van der Waals surface area contributed by atoms with E-state index >= 15 is 0 Å². The summed E-state index contributed by atoms with van der Waals surface area (Å²) in [5.41, 5.74) is 1.32. The molecule has 2 aromatic heterocycles. The van der Waals surface area contributed by atoms with Crippen molar-refractivity contribution in [1.82, 2.24) is 20.1 Å². The van der Waals surface area contributed by atoms with Gasteiger partial charge in [-0.05, 0) is 44.9 Å². The van der Waals surface area contributed by atoms with Crippen molar-refractivity contribution in [3.63, 3.8) is 0 Å². The van der Waals surface area contributed by atoms with Gasteiger partial charge in [0.05, 0.1) is 12.3 Å². The average Bonchev–Trinajstić information content (AvgIpc) is 2.98. The summed E-state index contributed by atoms with van der Waals surface area (Å²) in [6, 6.07) is 7.56. The summed E-state index contributed by atoms with van der Waals surface area (Å²) in [4.78, 5) is 17.8. The highest BCUT2D eigenvalue weighted by Crippen LogP contribution is 2.18. The number of ether oxygens (including phenoxy) is 1. The van der Waals surface area contributed by atoms with E-state index in [0.29, 0.717) is 24.2 Å². The molecule has 3 heterocycles. The quantitative estimate of drug-likeness (QED) is 0.827. The van der Waals surface area contributed by atoms with E-state index in [1.165, 1.54) is 25.5 Å². The number of hydrogen-bond donors (Lipinski definition) is 1. The van der Waals surface area contributed by atoms with Crippen molar-refractivity contribution in [2.75, 3.05) is 19.7 Å². The van der Waals surface area contributed by atoms with Gasteiger partial charge in [0.25, 0.3) is 5.56 Å². The Morgan fingerprint density at radius 1 is 1.35 bits per heavy atom. The molecule has 2 aromatic rings. The molecular formula is C17H22N4O2. The smallest absolute Gasteiger partial charge is 0.264 e. The zero-order chi connectivity index (χ0) is 16.1. The van der Waals surface area contributed by atoms with Crippen LogP contribution in [0.5, 0.6) is 5.88 Å². The molecule has 1 saturated heterocycles. The van der Waals surface area contributed by atoms with E-state index in [0.717, 1.165) is 18.5 Å². The van der Waals surface area contributed by atoms with Gasteiger partial charge in [0, 0.05) is 36.5 Å². The first-order valence-electron chi connectivity index (χ1n) is 8.11. The molecule has 0 spiro atoms. The Morgan fingerprint density at radius 2 is 2.26 bits per heavy atom. The van der Waals surface area contributed by atoms with Crippen LogP contribution >= 0.6 is 0 Å². The summed E-state index contributed by atoms with van der Waals surface area (Å²) in [6.45, 7) is 5.26. The Bertz CT molecular complexity index is 663. The molecule has 1 fully saturated rings. The third-order valence-electron chi connectivity index (χ3n) is 4.24. The maximum absolute atomic E-state index is 11.0. The lowest BCUT2D eigenvalue weighted by atomic mass is 10.2. The fraction of sp³-hybridized carbons (Fsp3) is 0.471. The molecule has 23 heavy (non-hydrogen) atoms. The number of rotatable bonds is 6. The topological polar surface area (TPSA) is 71.1 Å². The van der Waals surface area contributed by atoms with Crippen LogP contribution in [0.1, 0.15) is 26.2 Å². The lowest BCUT2D eigenvalue weighted by molar-refractivity contribution is 0.227. The highest BCUT2D eigenvalue weighted by molar-refractivity contribution is 5.57. The Kier molecular flexibility index (Phi) is 5.02. The zero-order valence-corrected chi connectivity index (χ0v) is 13.4. The van der Waals surface area contributed by atoms with Crippen molar-refractivity contribution in [2.24, 2.45) is 0 Å². The number of pyridine rings is 1. The van der Waals surface area contributed by atoms with Gasteiger partial charge in [0.2, 0.25) is 5.88 Å². The van der Waals surface area contributed by atoms with Gasteiger partial charge >= 0.3 is 0 Å². The van der Waals surface area contributed by atoms with Crippen molar-refractivity contribution >= 4 is 0 Å². The molecule has 1 N–H and O–H groups in total. The number of nitrogens with zero attached hydrogens (tertiary/aromatic N) is 3. The van der Waals surface area contributed by atoms with Crippen LogP contribution in [0.15, 0.2) is 35.3 Å². The second-order valence-corrected chi connectivity index (χ2v) is 5.92. The minimum atomic E-state index is -0.214. The number of H-pyrrole nitrogens is 1. The third-order valence-corrected chi connectivity index (χ3v) is 4.24. The van der Waals surface area contributed by atoms with Gasteiger partial charge in [-0.2, -0.15) is 5.10 Å². The van der Waals surface area contributed by atoms with E-state index < -0.39 is 0 Å². The molecule has 0 bridgehead atoms. The van der Waals surface area contributed by atoms with Crippen LogP contribution in [0.3, 0.4) is 0 Å². The van der Waals surface area contributed by atoms with Crippen LogP contribution < -0.4 is 10.3 Å². The molecule has 1 aliphatic rings. The van der Waals surface area contributed by atoms with E-state index in [4.69, 9.17) is 4.74 Å². The number of aromatic nitrogens is 3. The minimum absolute atomic E-state index is 0.214. The lowest BCUT2D eigenvalue weighted by Gasteiger charge is -2.20. The Labute approximate surface area is 135 Å². The van der Waals surface area contributed by atoms with E-state index in [1.807, 2.05) is 12.1 Å². The summed E-state index contributed by atoms with van der Waals surface area (Å²) >= 11 is 0. The van der Waals surface area contributed by atoms with Crippen molar-refractivity contribution in [1.29, 1.82) is 0 Å². The van der Waals surface area contributed by atoms with Gasteiger partial charge in [0.1, 0.15) is 0 Å². The molecular weight excluding hydrogens is 292 g/mol. The fourth-order valence-corrected chi connectivity index (χ4v) is 2.89. The SMILES string of the molecule is C[C@@H]1CCCN1CCCOc1ccc(-c2ccc(=O)[nH]n2)cn1. The normalized spacial score (nSPS) is 18.2. The molecule has 3 rings (SSSR count). The molecule has 0 amide bonds. The van der Waals surface area contributed by atoms with Gasteiger partial charge in [-0.15, -0.1) is 0 Å². The zero-order valence-electron chi connectivity index (χ0n) is 13.4. The van der Waals surface area contributed by atoms with Crippen LogP contribution in [0, 0.1) is 0 Å². The van der Waals surface area contributed by atoms with Gasteiger partial charge in [-0.3, -0.25) is 4.79 Å². The molecule has 1 atom stereocenters. The van der Waals surface area contributed by atoms with E-state index in [9.17, 15) is 4.79 Å². The molecule has 0 unspecified atom stereocenters. The molecule has 0 aliphatic carbocycles. The average molecular weight is 314 g/mol.